The second kappa shape index (κ2) is 1.92. The van der Waals surface area contributed by atoms with Gasteiger partial charge in [-0.2, -0.15) is 0 Å². The Labute approximate surface area is 58.9 Å². The highest BCUT2D eigenvalue weighted by Gasteiger charge is 2.61. The molecule has 0 heterocycles. The summed E-state index contributed by atoms with van der Waals surface area (Å²) in [5, 5.41) is -1.30. The summed E-state index contributed by atoms with van der Waals surface area (Å²) in [7, 11) is -4.10. The molecule has 0 amide bonds. The van der Waals surface area contributed by atoms with E-state index in [4.69, 9.17) is 15.5 Å². The maximum atomic E-state index is 10.6. The third kappa shape index (κ3) is 0.935. The van der Waals surface area contributed by atoms with E-state index >= 15 is 0 Å². The minimum absolute atomic E-state index is 0.215. The summed E-state index contributed by atoms with van der Waals surface area (Å²) in [6.07, 6.45) is 1.83. The van der Waals surface area contributed by atoms with Crippen LogP contribution in [0.2, 0.25) is 0 Å². The molecule has 1 fully saturated rings. The van der Waals surface area contributed by atoms with E-state index in [1.54, 1.807) is 0 Å². The van der Waals surface area contributed by atoms with Gasteiger partial charge in [0.25, 0.3) is 0 Å². The number of rotatable bonds is 2. The summed E-state index contributed by atoms with van der Waals surface area (Å²) in [4.78, 5) is 17.3. The van der Waals surface area contributed by atoms with Gasteiger partial charge < -0.3 is 15.5 Å². The summed E-state index contributed by atoms with van der Waals surface area (Å²) >= 11 is 0. The molecule has 2 atom stereocenters. The van der Waals surface area contributed by atoms with Crippen molar-refractivity contribution in [2.75, 3.05) is 0 Å². The van der Waals surface area contributed by atoms with Crippen LogP contribution in [0, 0.1) is 5.92 Å². The molecular formula is C5H10NO3P. The standard InChI is InChI=1S/C5H10NO3P/c1-2-4-3-5(4,6)10(7,8)9/h2,4H,1,3,6H2,(H2,7,8,9). The van der Waals surface area contributed by atoms with Crippen molar-refractivity contribution in [1.29, 1.82) is 0 Å². The highest BCUT2D eigenvalue weighted by molar-refractivity contribution is 7.54. The fourth-order valence-corrected chi connectivity index (χ4v) is 1.89. The largest absolute Gasteiger partial charge is 0.345 e. The normalized spacial score (nSPS) is 39.3. The van der Waals surface area contributed by atoms with Gasteiger partial charge in [-0.1, -0.05) is 6.08 Å². The summed E-state index contributed by atoms with van der Waals surface area (Å²) in [6.45, 7) is 3.41. The molecule has 5 heteroatoms. The van der Waals surface area contributed by atoms with Crippen molar-refractivity contribution < 1.29 is 14.4 Å². The molecular weight excluding hydrogens is 153 g/mol. The average Bonchev–Trinajstić information content (AvgIpc) is 2.41. The molecule has 0 spiro atoms. The Bertz CT molecular complexity index is 211. The van der Waals surface area contributed by atoms with Gasteiger partial charge in [0.1, 0.15) is 5.28 Å². The zero-order chi connectivity index (χ0) is 7.99. The molecule has 1 aliphatic rings. The van der Waals surface area contributed by atoms with Crippen LogP contribution in [0.5, 0.6) is 0 Å². The Balaban J connectivity index is 2.77. The molecule has 1 saturated carbocycles. The lowest BCUT2D eigenvalue weighted by molar-refractivity contribution is 0.352. The van der Waals surface area contributed by atoms with Crippen molar-refractivity contribution in [3.05, 3.63) is 12.7 Å². The van der Waals surface area contributed by atoms with Crippen LogP contribution in [-0.2, 0) is 4.57 Å². The van der Waals surface area contributed by atoms with Crippen LogP contribution in [0.1, 0.15) is 6.42 Å². The molecule has 1 aliphatic carbocycles. The van der Waals surface area contributed by atoms with Gasteiger partial charge in [0.2, 0.25) is 0 Å². The zero-order valence-electron chi connectivity index (χ0n) is 5.40. The van der Waals surface area contributed by atoms with Crippen molar-refractivity contribution in [2.24, 2.45) is 11.7 Å². The SMILES string of the molecule is C=CC1CC1(N)P(=O)(O)O. The monoisotopic (exact) mass is 163 g/mol. The smallest absolute Gasteiger partial charge is 0.323 e. The topological polar surface area (TPSA) is 83.6 Å². The Hall–Kier alpha value is -0.150. The zero-order valence-corrected chi connectivity index (χ0v) is 6.29. The summed E-state index contributed by atoms with van der Waals surface area (Å²) in [5.41, 5.74) is 5.34. The van der Waals surface area contributed by atoms with Crippen molar-refractivity contribution in [2.45, 2.75) is 11.7 Å². The average molecular weight is 163 g/mol. The molecule has 2 unspecified atom stereocenters. The second-order valence-corrected chi connectivity index (χ2v) is 4.50. The molecule has 0 aliphatic heterocycles. The third-order valence-electron chi connectivity index (χ3n) is 1.86. The van der Waals surface area contributed by atoms with E-state index in [0.717, 1.165) is 0 Å². The number of hydrogen-bond donors (Lipinski definition) is 3. The maximum Gasteiger partial charge on any atom is 0.345 e. The van der Waals surface area contributed by atoms with Crippen molar-refractivity contribution >= 4 is 7.60 Å². The highest BCUT2D eigenvalue weighted by atomic mass is 31.2. The predicted molar refractivity (Wildman–Crippen MR) is 37.3 cm³/mol. The first-order valence-electron chi connectivity index (χ1n) is 2.89. The van der Waals surface area contributed by atoms with Crippen LogP contribution < -0.4 is 5.73 Å². The fraction of sp³-hybridized carbons (Fsp3) is 0.600. The second-order valence-electron chi connectivity index (χ2n) is 2.58. The van der Waals surface area contributed by atoms with Crippen LogP contribution in [0.3, 0.4) is 0 Å². The predicted octanol–water partition coefficient (Wildman–Crippen LogP) is 0.0250. The van der Waals surface area contributed by atoms with Crippen molar-refractivity contribution in [1.82, 2.24) is 0 Å². The molecule has 4 nitrogen and oxygen atoms in total. The van der Waals surface area contributed by atoms with Crippen LogP contribution in [-0.4, -0.2) is 15.1 Å². The maximum absolute atomic E-state index is 10.6. The van der Waals surface area contributed by atoms with Gasteiger partial charge in [0.15, 0.2) is 0 Å². The molecule has 1 rings (SSSR count). The quantitative estimate of drug-likeness (QED) is 0.396. The Morgan fingerprint density at radius 1 is 1.80 bits per heavy atom. The van der Waals surface area contributed by atoms with Crippen LogP contribution >= 0.6 is 7.60 Å². The lowest BCUT2D eigenvalue weighted by Gasteiger charge is -2.11. The lowest BCUT2D eigenvalue weighted by Crippen LogP contribution is -2.24. The summed E-state index contributed by atoms with van der Waals surface area (Å²) < 4.78 is 10.6. The summed E-state index contributed by atoms with van der Waals surface area (Å²) in [5.74, 6) is -0.215. The van der Waals surface area contributed by atoms with E-state index < -0.39 is 12.9 Å². The highest BCUT2D eigenvalue weighted by Crippen LogP contribution is 2.65. The molecule has 10 heavy (non-hydrogen) atoms. The van der Waals surface area contributed by atoms with Gasteiger partial charge in [-0.15, -0.1) is 6.58 Å². The number of nitrogens with two attached hydrogens (primary N) is 1. The Morgan fingerprint density at radius 2 is 2.30 bits per heavy atom. The van der Waals surface area contributed by atoms with Crippen LogP contribution in [0.25, 0.3) is 0 Å². The minimum Gasteiger partial charge on any atom is -0.323 e. The van der Waals surface area contributed by atoms with E-state index in [9.17, 15) is 4.57 Å². The molecule has 58 valence electrons. The molecule has 0 aromatic carbocycles. The Morgan fingerprint density at radius 3 is 2.40 bits per heavy atom. The fourth-order valence-electron chi connectivity index (χ4n) is 0.916. The van der Waals surface area contributed by atoms with E-state index in [1.807, 2.05) is 0 Å². The van der Waals surface area contributed by atoms with Crippen LogP contribution in [0.4, 0.5) is 0 Å². The molecule has 4 N–H and O–H groups in total. The van der Waals surface area contributed by atoms with E-state index in [-0.39, 0.29) is 5.92 Å². The third-order valence-corrected chi connectivity index (χ3v) is 3.45. The van der Waals surface area contributed by atoms with Gasteiger partial charge in [0.05, 0.1) is 0 Å². The summed E-state index contributed by atoms with van der Waals surface area (Å²) in [6, 6.07) is 0. The van der Waals surface area contributed by atoms with Crippen molar-refractivity contribution in [3.8, 4) is 0 Å². The first-order valence-corrected chi connectivity index (χ1v) is 4.50. The molecule has 0 bridgehead atoms. The van der Waals surface area contributed by atoms with Gasteiger partial charge in [-0.05, 0) is 6.42 Å². The van der Waals surface area contributed by atoms with E-state index in [1.165, 1.54) is 6.08 Å². The van der Waals surface area contributed by atoms with E-state index in [2.05, 4.69) is 6.58 Å². The van der Waals surface area contributed by atoms with E-state index in [0.29, 0.717) is 6.42 Å². The first kappa shape index (κ1) is 7.95. The first-order chi connectivity index (χ1) is 4.42. The van der Waals surface area contributed by atoms with Gasteiger partial charge in [-0.25, -0.2) is 0 Å². The lowest BCUT2D eigenvalue weighted by atomic mass is 10.4. The van der Waals surface area contributed by atoms with Gasteiger partial charge in [-0.3, -0.25) is 4.57 Å². The molecule has 0 aromatic heterocycles. The molecule has 0 radical (unpaired) electrons. The minimum atomic E-state index is -4.10. The molecule has 0 saturated heterocycles. The Kier molecular flexibility index (Phi) is 1.53. The van der Waals surface area contributed by atoms with Gasteiger partial charge >= 0.3 is 7.60 Å². The number of hydrogen-bond acceptors (Lipinski definition) is 2. The van der Waals surface area contributed by atoms with Crippen molar-refractivity contribution in [3.63, 3.8) is 0 Å². The molecule has 0 aromatic rings. The van der Waals surface area contributed by atoms with Crippen LogP contribution in [0.15, 0.2) is 12.7 Å². The van der Waals surface area contributed by atoms with Gasteiger partial charge in [0, 0.05) is 5.92 Å².